The first-order valence-electron chi connectivity index (χ1n) is 7.15. The minimum atomic E-state index is -1.03. The molecule has 0 aliphatic rings. The summed E-state index contributed by atoms with van der Waals surface area (Å²) < 4.78 is 10.5. The number of carboxylic acids is 1. The molecule has 0 heterocycles. The van der Waals surface area contributed by atoms with Crippen molar-refractivity contribution < 1.29 is 24.2 Å². The van der Waals surface area contributed by atoms with Crippen LogP contribution in [0.1, 0.15) is 25.8 Å². The van der Waals surface area contributed by atoms with Gasteiger partial charge < -0.3 is 19.5 Å². The van der Waals surface area contributed by atoms with Crippen LogP contribution in [-0.4, -0.2) is 48.7 Å². The van der Waals surface area contributed by atoms with Gasteiger partial charge in [0.25, 0.3) is 0 Å². The highest BCUT2D eigenvalue weighted by Gasteiger charge is 2.24. The van der Waals surface area contributed by atoms with Crippen LogP contribution in [0.15, 0.2) is 18.2 Å². The Bertz CT molecular complexity index is 507. The molecule has 0 saturated heterocycles. The quantitative estimate of drug-likeness (QED) is 0.794. The Labute approximate surface area is 130 Å². The predicted octanol–water partition coefficient (Wildman–Crippen LogP) is 1.96. The van der Waals surface area contributed by atoms with Crippen molar-refractivity contribution in [2.24, 2.45) is 0 Å². The van der Waals surface area contributed by atoms with Crippen molar-refractivity contribution in [3.05, 3.63) is 23.8 Å². The van der Waals surface area contributed by atoms with E-state index in [9.17, 15) is 9.59 Å². The molecule has 6 heteroatoms. The van der Waals surface area contributed by atoms with Crippen LogP contribution in [0.2, 0.25) is 0 Å². The molecule has 1 amide bonds. The average Bonchev–Trinajstić information content (AvgIpc) is 2.51. The lowest BCUT2D eigenvalue weighted by atomic mass is 10.1. The number of methoxy groups -OCH3 is 2. The largest absolute Gasteiger partial charge is 0.496 e. The standard InChI is InChI=1S/C16H23NO5/c1-5-11(2)17(10-16(19)20)15(18)9-12-13(21-3)7-6-8-14(12)22-4/h6-8,11H,5,9-10H2,1-4H3,(H,19,20). The number of hydrogen-bond donors (Lipinski definition) is 1. The molecule has 0 bridgehead atoms. The molecule has 0 radical (unpaired) electrons. The number of ether oxygens (including phenoxy) is 2. The van der Waals surface area contributed by atoms with Gasteiger partial charge in [-0.2, -0.15) is 0 Å². The molecule has 0 aliphatic heterocycles. The maximum atomic E-state index is 12.5. The normalized spacial score (nSPS) is 11.6. The molecule has 1 aromatic carbocycles. The van der Waals surface area contributed by atoms with E-state index in [0.717, 1.165) is 0 Å². The van der Waals surface area contributed by atoms with Gasteiger partial charge in [-0.3, -0.25) is 9.59 Å². The number of hydrogen-bond acceptors (Lipinski definition) is 4. The highest BCUT2D eigenvalue weighted by Crippen LogP contribution is 2.29. The minimum absolute atomic E-state index is 0.0325. The molecule has 0 saturated carbocycles. The third-order valence-corrected chi connectivity index (χ3v) is 3.61. The lowest BCUT2D eigenvalue weighted by Gasteiger charge is -2.27. The van der Waals surface area contributed by atoms with Gasteiger partial charge in [-0.15, -0.1) is 0 Å². The highest BCUT2D eigenvalue weighted by molar-refractivity contribution is 5.84. The summed E-state index contributed by atoms with van der Waals surface area (Å²) in [4.78, 5) is 24.9. The van der Waals surface area contributed by atoms with Gasteiger partial charge in [-0.25, -0.2) is 0 Å². The number of carboxylic acid groups (broad SMARTS) is 1. The second kappa shape index (κ2) is 8.26. The van der Waals surface area contributed by atoms with Crippen molar-refractivity contribution >= 4 is 11.9 Å². The molecular weight excluding hydrogens is 286 g/mol. The van der Waals surface area contributed by atoms with Gasteiger partial charge in [-0.05, 0) is 25.5 Å². The molecular formula is C16H23NO5. The van der Waals surface area contributed by atoms with Crippen LogP contribution in [0, 0.1) is 0 Å². The number of carbonyl (C=O) groups excluding carboxylic acids is 1. The SMILES string of the molecule is CCC(C)N(CC(=O)O)C(=O)Cc1c(OC)cccc1OC. The maximum Gasteiger partial charge on any atom is 0.323 e. The fraction of sp³-hybridized carbons (Fsp3) is 0.500. The van der Waals surface area contributed by atoms with E-state index in [0.29, 0.717) is 23.5 Å². The Hall–Kier alpha value is -2.24. The maximum absolute atomic E-state index is 12.5. The molecule has 6 nitrogen and oxygen atoms in total. The van der Waals surface area contributed by atoms with Gasteiger partial charge in [0.15, 0.2) is 0 Å². The predicted molar refractivity (Wildman–Crippen MR) is 82.4 cm³/mol. The smallest absolute Gasteiger partial charge is 0.323 e. The van der Waals surface area contributed by atoms with E-state index >= 15 is 0 Å². The lowest BCUT2D eigenvalue weighted by molar-refractivity contribution is -0.145. The first-order chi connectivity index (χ1) is 10.4. The van der Waals surface area contributed by atoms with Crippen molar-refractivity contribution in [3.8, 4) is 11.5 Å². The molecule has 1 unspecified atom stereocenters. The lowest BCUT2D eigenvalue weighted by Crippen LogP contribution is -2.42. The van der Waals surface area contributed by atoms with E-state index in [1.54, 1.807) is 18.2 Å². The Kier molecular flexibility index (Phi) is 6.69. The molecule has 1 rings (SSSR count). The van der Waals surface area contributed by atoms with Crippen LogP contribution < -0.4 is 9.47 Å². The van der Waals surface area contributed by atoms with Gasteiger partial charge in [0, 0.05) is 11.6 Å². The summed E-state index contributed by atoms with van der Waals surface area (Å²) in [6, 6.07) is 5.12. The molecule has 1 aromatic rings. The molecule has 0 fully saturated rings. The molecule has 1 N–H and O–H groups in total. The van der Waals surface area contributed by atoms with E-state index < -0.39 is 5.97 Å². The van der Waals surface area contributed by atoms with E-state index in [1.165, 1.54) is 19.1 Å². The van der Waals surface area contributed by atoms with Crippen molar-refractivity contribution in [1.82, 2.24) is 4.90 Å². The topological polar surface area (TPSA) is 76.1 Å². The molecule has 122 valence electrons. The fourth-order valence-electron chi connectivity index (χ4n) is 2.21. The number of nitrogens with zero attached hydrogens (tertiary/aromatic N) is 1. The zero-order chi connectivity index (χ0) is 16.7. The van der Waals surface area contributed by atoms with E-state index in [1.807, 2.05) is 13.8 Å². The summed E-state index contributed by atoms with van der Waals surface area (Å²) >= 11 is 0. The van der Waals surface area contributed by atoms with Crippen molar-refractivity contribution in [2.75, 3.05) is 20.8 Å². The van der Waals surface area contributed by atoms with Crippen molar-refractivity contribution in [1.29, 1.82) is 0 Å². The average molecular weight is 309 g/mol. The summed E-state index contributed by atoms with van der Waals surface area (Å²) in [7, 11) is 3.04. The van der Waals surface area contributed by atoms with E-state index in [4.69, 9.17) is 14.6 Å². The summed E-state index contributed by atoms with van der Waals surface area (Å²) in [6.07, 6.45) is 0.715. The summed E-state index contributed by atoms with van der Waals surface area (Å²) in [5.41, 5.74) is 0.621. The van der Waals surface area contributed by atoms with E-state index in [-0.39, 0.29) is 24.9 Å². The molecule has 0 aromatic heterocycles. The van der Waals surface area contributed by atoms with Gasteiger partial charge in [0.05, 0.1) is 20.6 Å². The van der Waals surface area contributed by atoms with Gasteiger partial charge in [0.1, 0.15) is 18.0 Å². The van der Waals surface area contributed by atoms with Crippen LogP contribution in [0.3, 0.4) is 0 Å². The van der Waals surface area contributed by atoms with Crippen molar-refractivity contribution in [2.45, 2.75) is 32.7 Å². The summed E-state index contributed by atoms with van der Waals surface area (Å²) in [5.74, 6) is -0.195. The first kappa shape index (κ1) is 17.8. The Morgan fingerprint density at radius 3 is 2.18 bits per heavy atom. The number of aliphatic carboxylic acids is 1. The Balaban J connectivity index is 3.05. The summed E-state index contributed by atoms with van der Waals surface area (Å²) in [5, 5.41) is 9.00. The van der Waals surface area contributed by atoms with Crippen LogP contribution in [0.5, 0.6) is 11.5 Å². The van der Waals surface area contributed by atoms with Gasteiger partial charge in [0.2, 0.25) is 5.91 Å². The first-order valence-corrected chi connectivity index (χ1v) is 7.15. The number of carbonyl (C=O) groups is 2. The third-order valence-electron chi connectivity index (χ3n) is 3.61. The Morgan fingerprint density at radius 1 is 1.23 bits per heavy atom. The third kappa shape index (κ3) is 4.38. The Morgan fingerprint density at radius 2 is 1.77 bits per heavy atom. The minimum Gasteiger partial charge on any atom is -0.496 e. The van der Waals surface area contributed by atoms with Crippen LogP contribution in [-0.2, 0) is 16.0 Å². The molecule has 0 spiro atoms. The molecule has 1 atom stereocenters. The second-order valence-electron chi connectivity index (χ2n) is 4.99. The molecule has 22 heavy (non-hydrogen) atoms. The zero-order valence-electron chi connectivity index (χ0n) is 13.5. The van der Waals surface area contributed by atoms with E-state index in [2.05, 4.69) is 0 Å². The number of amides is 1. The van der Waals surface area contributed by atoms with Gasteiger partial charge >= 0.3 is 5.97 Å². The second-order valence-corrected chi connectivity index (χ2v) is 4.99. The van der Waals surface area contributed by atoms with Gasteiger partial charge in [-0.1, -0.05) is 13.0 Å². The summed E-state index contributed by atoms with van der Waals surface area (Å²) in [6.45, 7) is 3.43. The monoisotopic (exact) mass is 309 g/mol. The van der Waals surface area contributed by atoms with Crippen LogP contribution in [0.4, 0.5) is 0 Å². The number of benzene rings is 1. The molecule has 0 aliphatic carbocycles. The number of rotatable bonds is 8. The fourth-order valence-corrected chi connectivity index (χ4v) is 2.21. The zero-order valence-corrected chi connectivity index (χ0v) is 13.5. The van der Waals surface area contributed by atoms with Crippen LogP contribution in [0.25, 0.3) is 0 Å². The highest BCUT2D eigenvalue weighted by atomic mass is 16.5. The van der Waals surface area contributed by atoms with Crippen molar-refractivity contribution in [3.63, 3.8) is 0 Å². The van der Waals surface area contributed by atoms with Crippen LogP contribution >= 0.6 is 0 Å².